The van der Waals surface area contributed by atoms with Gasteiger partial charge in [0, 0.05) is 25.5 Å². The van der Waals surface area contributed by atoms with Crippen LogP contribution in [-0.2, 0) is 9.59 Å². The topological polar surface area (TPSA) is 91.6 Å². The fraction of sp³-hybridized carbons (Fsp3) is 0.308. The Morgan fingerprint density at radius 3 is 2.44 bits per heavy atom. The van der Waals surface area contributed by atoms with Gasteiger partial charge in [0.2, 0.25) is 0 Å². The zero-order valence-electron chi connectivity index (χ0n) is 19.7. The van der Waals surface area contributed by atoms with Gasteiger partial charge < -0.3 is 14.9 Å². The molecule has 176 valence electrons. The molecule has 1 aromatic carbocycles. The molecule has 0 saturated carbocycles. The van der Waals surface area contributed by atoms with Crippen LogP contribution >= 0.6 is 0 Å². The maximum absolute atomic E-state index is 13.2. The number of aromatic nitrogens is 3. The molecule has 0 radical (unpaired) electrons. The normalized spacial score (nSPS) is 17.6. The molecule has 34 heavy (non-hydrogen) atoms. The van der Waals surface area contributed by atoms with Gasteiger partial charge in [-0.2, -0.15) is 5.10 Å². The fourth-order valence-electron chi connectivity index (χ4n) is 4.40. The Morgan fingerprint density at radius 2 is 1.79 bits per heavy atom. The Kier molecular flexibility index (Phi) is 6.88. The van der Waals surface area contributed by atoms with Crippen molar-refractivity contribution >= 4 is 17.4 Å². The van der Waals surface area contributed by atoms with Crippen molar-refractivity contribution in [3.8, 4) is 5.69 Å². The molecule has 1 atom stereocenters. The summed E-state index contributed by atoms with van der Waals surface area (Å²) in [6.45, 7) is 8.62. The SMILES string of the molecule is CCN(CC)CCN1C(=O)C(=O)C(=C(O)c2cnn(-c3ccccc3)c2C)[C@H]1c1cccnc1. The molecule has 8 heteroatoms. The van der Waals surface area contributed by atoms with Crippen LogP contribution in [0.3, 0.4) is 0 Å². The third-order valence-corrected chi connectivity index (χ3v) is 6.36. The Bertz CT molecular complexity index is 1200. The third-order valence-electron chi connectivity index (χ3n) is 6.36. The van der Waals surface area contributed by atoms with Gasteiger partial charge in [-0.1, -0.05) is 38.1 Å². The highest BCUT2D eigenvalue weighted by Crippen LogP contribution is 2.39. The lowest BCUT2D eigenvalue weighted by atomic mass is 9.96. The van der Waals surface area contributed by atoms with Crippen LogP contribution in [0.4, 0.5) is 0 Å². The maximum atomic E-state index is 13.2. The number of para-hydroxylation sites is 1. The summed E-state index contributed by atoms with van der Waals surface area (Å²) in [6.07, 6.45) is 4.80. The van der Waals surface area contributed by atoms with Gasteiger partial charge in [-0.25, -0.2) is 4.68 Å². The van der Waals surface area contributed by atoms with E-state index >= 15 is 0 Å². The first-order chi connectivity index (χ1) is 16.5. The second kappa shape index (κ2) is 10.0. The highest BCUT2D eigenvalue weighted by molar-refractivity contribution is 6.46. The lowest BCUT2D eigenvalue weighted by molar-refractivity contribution is -0.140. The molecular weight excluding hydrogens is 430 g/mol. The number of likely N-dealkylation sites (N-methyl/N-ethyl adjacent to an activating group) is 1. The average Bonchev–Trinajstić information content (AvgIpc) is 3.38. The van der Waals surface area contributed by atoms with Crippen LogP contribution < -0.4 is 0 Å². The molecular formula is C26H29N5O3. The van der Waals surface area contributed by atoms with E-state index in [9.17, 15) is 14.7 Å². The molecule has 4 rings (SSSR count). The lowest BCUT2D eigenvalue weighted by Crippen LogP contribution is -2.38. The summed E-state index contributed by atoms with van der Waals surface area (Å²) in [5, 5.41) is 15.8. The van der Waals surface area contributed by atoms with Gasteiger partial charge in [0.25, 0.3) is 11.7 Å². The monoisotopic (exact) mass is 459 g/mol. The third kappa shape index (κ3) is 4.24. The van der Waals surface area contributed by atoms with Crippen molar-refractivity contribution in [1.29, 1.82) is 0 Å². The van der Waals surface area contributed by atoms with Crippen molar-refractivity contribution < 1.29 is 14.7 Å². The molecule has 1 aliphatic rings. The Labute approximate surface area is 199 Å². The van der Waals surface area contributed by atoms with Crippen LogP contribution in [0.15, 0.2) is 66.6 Å². The number of Topliss-reactive ketones (excluding diaryl/α,β-unsaturated/α-hetero) is 1. The van der Waals surface area contributed by atoms with Gasteiger partial charge >= 0.3 is 0 Å². The number of pyridine rings is 1. The van der Waals surface area contributed by atoms with Gasteiger partial charge in [-0.15, -0.1) is 0 Å². The van der Waals surface area contributed by atoms with Crippen LogP contribution in [0, 0.1) is 6.92 Å². The molecule has 1 N–H and O–H groups in total. The van der Waals surface area contributed by atoms with Crippen molar-refractivity contribution in [2.24, 2.45) is 0 Å². The van der Waals surface area contributed by atoms with Crippen molar-refractivity contribution in [3.63, 3.8) is 0 Å². The second-order valence-electron chi connectivity index (χ2n) is 8.20. The van der Waals surface area contributed by atoms with Crippen LogP contribution in [0.25, 0.3) is 11.4 Å². The number of likely N-dealkylation sites (tertiary alicyclic amines) is 1. The quantitative estimate of drug-likeness (QED) is 0.316. The number of aliphatic hydroxyl groups is 1. The highest BCUT2D eigenvalue weighted by Gasteiger charge is 2.46. The molecule has 0 aliphatic carbocycles. The van der Waals surface area contributed by atoms with E-state index in [1.807, 2.05) is 43.3 Å². The van der Waals surface area contributed by atoms with Crippen LogP contribution in [0.5, 0.6) is 0 Å². The van der Waals surface area contributed by atoms with Crippen LogP contribution in [0.2, 0.25) is 0 Å². The largest absolute Gasteiger partial charge is 0.507 e. The summed E-state index contributed by atoms with van der Waals surface area (Å²) in [7, 11) is 0. The first kappa shape index (κ1) is 23.4. The summed E-state index contributed by atoms with van der Waals surface area (Å²) in [6, 6.07) is 12.4. The van der Waals surface area contributed by atoms with Crippen molar-refractivity contribution in [3.05, 3.63) is 83.4 Å². The zero-order chi connectivity index (χ0) is 24.2. The Balaban J connectivity index is 1.79. The predicted molar refractivity (Wildman–Crippen MR) is 129 cm³/mol. The van der Waals surface area contributed by atoms with Crippen molar-refractivity contribution in [2.45, 2.75) is 26.8 Å². The van der Waals surface area contributed by atoms with Crippen LogP contribution in [0.1, 0.15) is 36.7 Å². The molecule has 1 aliphatic heterocycles. The van der Waals surface area contributed by atoms with Crippen molar-refractivity contribution in [2.75, 3.05) is 26.2 Å². The highest BCUT2D eigenvalue weighted by atomic mass is 16.3. The number of aliphatic hydroxyl groups excluding tert-OH is 1. The molecule has 3 aromatic rings. The standard InChI is InChI=1S/C26H29N5O3/c1-4-29(5-2)14-15-30-23(19-10-9-13-27-16-19)22(25(33)26(30)34)24(32)21-17-28-31(18(21)3)20-11-7-6-8-12-20/h6-13,16-17,23,32H,4-5,14-15H2,1-3H3/t23-/m1/s1. The minimum atomic E-state index is -0.719. The molecule has 2 aromatic heterocycles. The molecule has 3 heterocycles. The van der Waals surface area contributed by atoms with Gasteiger partial charge in [-0.3, -0.25) is 14.6 Å². The van der Waals surface area contributed by atoms with E-state index in [0.717, 1.165) is 18.8 Å². The van der Waals surface area contributed by atoms with Gasteiger partial charge in [0.1, 0.15) is 5.76 Å². The van der Waals surface area contributed by atoms with E-state index in [0.29, 0.717) is 29.9 Å². The minimum Gasteiger partial charge on any atom is -0.507 e. The lowest BCUT2D eigenvalue weighted by Gasteiger charge is -2.28. The summed E-state index contributed by atoms with van der Waals surface area (Å²) >= 11 is 0. The number of carbonyl (C=O) groups excluding carboxylic acids is 2. The summed E-state index contributed by atoms with van der Waals surface area (Å²) in [4.78, 5) is 34.2. The molecule has 0 spiro atoms. The van der Waals surface area contributed by atoms with Crippen molar-refractivity contribution in [1.82, 2.24) is 24.6 Å². The first-order valence-corrected chi connectivity index (χ1v) is 11.5. The Hall–Kier alpha value is -3.78. The van der Waals surface area contributed by atoms with E-state index in [1.54, 1.807) is 28.0 Å². The predicted octanol–water partition coefficient (Wildman–Crippen LogP) is 3.34. The number of ketones is 1. The smallest absolute Gasteiger partial charge is 0.295 e. The fourth-order valence-corrected chi connectivity index (χ4v) is 4.40. The van der Waals surface area contributed by atoms with E-state index in [-0.39, 0.29) is 11.3 Å². The molecule has 0 unspecified atom stereocenters. The van der Waals surface area contributed by atoms with Crippen LogP contribution in [-0.4, -0.2) is 67.5 Å². The number of rotatable bonds is 8. The number of nitrogens with zero attached hydrogens (tertiary/aromatic N) is 5. The number of benzene rings is 1. The van der Waals surface area contributed by atoms with E-state index in [2.05, 4.69) is 28.8 Å². The minimum absolute atomic E-state index is 0.0632. The number of amides is 1. The summed E-state index contributed by atoms with van der Waals surface area (Å²) < 4.78 is 1.70. The molecule has 0 bridgehead atoms. The van der Waals surface area contributed by atoms with Gasteiger partial charge in [0.15, 0.2) is 0 Å². The molecule has 1 fully saturated rings. The number of hydrogen-bond acceptors (Lipinski definition) is 6. The average molecular weight is 460 g/mol. The molecule has 8 nitrogen and oxygen atoms in total. The first-order valence-electron chi connectivity index (χ1n) is 11.5. The zero-order valence-corrected chi connectivity index (χ0v) is 19.7. The van der Waals surface area contributed by atoms with Gasteiger partial charge in [0.05, 0.1) is 34.8 Å². The maximum Gasteiger partial charge on any atom is 0.295 e. The molecule has 1 amide bonds. The second-order valence-corrected chi connectivity index (χ2v) is 8.20. The summed E-state index contributed by atoms with van der Waals surface area (Å²) in [5.74, 6) is -1.54. The Morgan fingerprint density at radius 1 is 1.06 bits per heavy atom. The molecule has 1 saturated heterocycles. The number of carbonyl (C=O) groups is 2. The summed E-state index contributed by atoms with van der Waals surface area (Å²) in [5.41, 5.74) is 2.66. The number of hydrogen-bond donors (Lipinski definition) is 1. The van der Waals surface area contributed by atoms with E-state index in [1.165, 1.54) is 6.20 Å². The van der Waals surface area contributed by atoms with E-state index in [4.69, 9.17) is 0 Å². The van der Waals surface area contributed by atoms with E-state index < -0.39 is 17.7 Å². The van der Waals surface area contributed by atoms with Gasteiger partial charge in [-0.05, 0) is 43.8 Å².